The Morgan fingerprint density at radius 3 is 2.75 bits per heavy atom. The van der Waals surface area contributed by atoms with E-state index in [-0.39, 0.29) is 5.91 Å². The van der Waals surface area contributed by atoms with E-state index in [2.05, 4.69) is 20.6 Å². The van der Waals surface area contributed by atoms with Crippen LogP contribution in [0.2, 0.25) is 0 Å². The van der Waals surface area contributed by atoms with Crippen molar-refractivity contribution in [3.8, 4) is 17.1 Å². The molecule has 0 radical (unpaired) electrons. The topological polar surface area (TPSA) is 88.7 Å². The minimum absolute atomic E-state index is 0.294. The van der Waals surface area contributed by atoms with Crippen LogP contribution < -0.4 is 5.32 Å². The highest BCUT2D eigenvalue weighted by Gasteiger charge is 2.18. The van der Waals surface area contributed by atoms with Gasteiger partial charge in [-0.15, -0.1) is 0 Å². The van der Waals surface area contributed by atoms with Crippen LogP contribution >= 0.6 is 0 Å². The number of carbonyl (C=O) groups excluding carboxylic acids is 1. The molecule has 0 spiro atoms. The van der Waals surface area contributed by atoms with Gasteiger partial charge in [0.1, 0.15) is 5.69 Å². The number of benzene rings is 2. The van der Waals surface area contributed by atoms with E-state index in [1.807, 2.05) is 54.6 Å². The van der Waals surface area contributed by atoms with Crippen LogP contribution in [0, 0.1) is 0 Å². The SMILES string of the molecule is O=C(Nc1ccc2[nH]ncc2c1)c1cc(-c2ccco2)n(-c2ccccc2)n1. The average Bonchev–Trinajstić information content (AvgIpc) is 3.47. The van der Waals surface area contributed by atoms with Gasteiger partial charge in [0.05, 0.1) is 23.7 Å². The summed E-state index contributed by atoms with van der Waals surface area (Å²) in [5, 5.41) is 15.2. The lowest BCUT2D eigenvalue weighted by molar-refractivity contribution is 0.102. The minimum Gasteiger partial charge on any atom is -0.463 e. The molecule has 136 valence electrons. The molecule has 0 unspecified atom stereocenters. The summed E-state index contributed by atoms with van der Waals surface area (Å²) in [5.41, 5.74) is 3.42. The summed E-state index contributed by atoms with van der Waals surface area (Å²) in [4.78, 5) is 12.8. The van der Waals surface area contributed by atoms with Gasteiger partial charge in [0.2, 0.25) is 0 Å². The van der Waals surface area contributed by atoms with Crippen LogP contribution in [0.3, 0.4) is 0 Å². The maximum Gasteiger partial charge on any atom is 0.276 e. The number of anilines is 1. The van der Waals surface area contributed by atoms with Gasteiger partial charge in [-0.25, -0.2) is 4.68 Å². The third kappa shape index (κ3) is 2.84. The smallest absolute Gasteiger partial charge is 0.276 e. The molecule has 3 aromatic heterocycles. The van der Waals surface area contributed by atoms with Crippen molar-refractivity contribution < 1.29 is 9.21 Å². The first-order valence-corrected chi connectivity index (χ1v) is 8.72. The number of aromatic amines is 1. The molecule has 0 aliphatic rings. The maximum absolute atomic E-state index is 12.8. The first kappa shape index (κ1) is 16.1. The van der Waals surface area contributed by atoms with Crippen LogP contribution in [0.5, 0.6) is 0 Å². The van der Waals surface area contributed by atoms with Crippen molar-refractivity contribution in [3.63, 3.8) is 0 Å². The molecule has 5 rings (SSSR count). The molecule has 0 bridgehead atoms. The predicted molar refractivity (Wildman–Crippen MR) is 105 cm³/mol. The zero-order valence-electron chi connectivity index (χ0n) is 14.7. The number of carbonyl (C=O) groups is 1. The molecule has 0 aliphatic carbocycles. The Labute approximate surface area is 159 Å². The van der Waals surface area contributed by atoms with Crippen molar-refractivity contribution in [2.24, 2.45) is 0 Å². The number of rotatable bonds is 4. The highest BCUT2D eigenvalue weighted by Crippen LogP contribution is 2.25. The molecule has 0 aliphatic heterocycles. The molecule has 7 heteroatoms. The fourth-order valence-electron chi connectivity index (χ4n) is 3.07. The van der Waals surface area contributed by atoms with Gasteiger partial charge in [-0.1, -0.05) is 18.2 Å². The first-order chi connectivity index (χ1) is 13.8. The van der Waals surface area contributed by atoms with E-state index < -0.39 is 0 Å². The molecule has 28 heavy (non-hydrogen) atoms. The number of H-pyrrole nitrogens is 1. The number of para-hydroxylation sites is 1. The van der Waals surface area contributed by atoms with Gasteiger partial charge < -0.3 is 9.73 Å². The molecule has 3 heterocycles. The van der Waals surface area contributed by atoms with Crippen molar-refractivity contribution in [2.45, 2.75) is 0 Å². The molecular formula is C21H15N5O2. The summed E-state index contributed by atoms with van der Waals surface area (Å²) in [7, 11) is 0. The molecule has 0 fully saturated rings. The van der Waals surface area contributed by atoms with Gasteiger partial charge in [-0.2, -0.15) is 10.2 Å². The summed E-state index contributed by atoms with van der Waals surface area (Å²) in [6.45, 7) is 0. The number of nitrogens with one attached hydrogen (secondary N) is 2. The van der Waals surface area contributed by atoms with Gasteiger partial charge in [-0.05, 0) is 42.5 Å². The zero-order valence-corrected chi connectivity index (χ0v) is 14.7. The Hall–Kier alpha value is -4.13. The second-order valence-corrected chi connectivity index (χ2v) is 6.27. The molecule has 7 nitrogen and oxygen atoms in total. The minimum atomic E-state index is -0.301. The van der Waals surface area contributed by atoms with Crippen LogP contribution in [-0.2, 0) is 0 Å². The van der Waals surface area contributed by atoms with E-state index in [9.17, 15) is 4.79 Å². The Balaban J connectivity index is 1.51. The lowest BCUT2D eigenvalue weighted by Gasteiger charge is -2.05. The summed E-state index contributed by atoms with van der Waals surface area (Å²) < 4.78 is 7.23. The lowest BCUT2D eigenvalue weighted by atomic mass is 10.2. The number of hydrogen-bond donors (Lipinski definition) is 2. The van der Waals surface area contributed by atoms with Crippen molar-refractivity contribution in [1.29, 1.82) is 0 Å². The van der Waals surface area contributed by atoms with E-state index >= 15 is 0 Å². The van der Waals surface area contributed by atoms with Crippen molar-refractivity contribution in [1.82, 2.24) is 20.0 Å². The molecule has 0 saturated heterocycles. The number of fused-ring (bicyclic) bond motifs is 1. The van der Waals surface area contributed by atoms with Gasteiger partial charge in [0, 0.05) is 17.1 Å². The molecule has 0 atom stereocenters. The molecule has 0 saturated carbocycles. The Morgan fingerprint density at radius 2 is 1.93 bits per heavy atom. The second-order valence-electron chi connectivity index (χ2n) is 6.27. The van der Waals surface area contributed by atoms with Crippen LogP contribution in [-0.4, -0.2) is 25.9 Å². The van der Waals surface area contributed by atoms with Crippen molar-refractivity contribution in [3.05, 3.63) is 84.9 Å². The van der Waals surface area contributed by atoms with Crippen LogP contribution in [0.1, 0.15) is 10.5 Å². The highest BCUT2D eigenvalue weighted by atomic mass is 16.3. The third-order valence-corrected chi connectivity index (χ3v) is 4.41. The number of hydrogen-bond acceptors (Lipinski definition) is 4. The largest absolute Gasteiger partial charge is 0.463 e. The van der Waals surface area contributed by atoms with Crippen LogP contribution in [0.15, 0.2) is 83.6 Å². The Morgan fingerprint density at radius 1 is 1.04 bits per heavy atom. The summed E-state index contributed by atoms with van der Waals surface area (Å²) in [5.74, 6) is 0.334. The molecule has 2 N–H and O–H groups in total. The quantitative estimate of drug-likeness (QED) is 0.495. The van der Waals surface area contributed by atoms with Crippen molar-refractivity contribution in [2.75, 3.05) is 5.32 Å². The zero-order chi connectivity index (χ0) is 18.9. The number of furan rings is 1. The second kappa shape index (κ2) is 6.55. The van der Waals surface area contributed by atoms with Crippen LogP contribution in [0.25, 0.3) is 28.0 Å². The third-order valence-electron chi connectivity index (χ3n) is 4.41. The Kier molecular flexibility index (Phi) is 3.76. The lowest BCUT2D eigenvalue weighted by Crippen LogP contribution is -2.13. The van der Waals surface area contributed by atoms with Gasteiger partial charge in [0.15, 0.2) is 11.5 Å². The first-order valence-electron chi connectivity index (χ1n) is 8.72. The fourth-order valence-corrected chi connectivity index (χ4v) is 3.07. The van der Waals surface area contributed by atoms with E-state index in [1.54, 1.807) is 29.3 Å². The summed E-state index contributed by atoms with van der Waals surface area (Å²) in [6, 6.07) is 20.5. The summed E-state index contributed by atoms with van der Waals surface area (Å²) in [6.07, 6.45) is 3.31. The monoisotopic (exact) mass is 369 g/mol. The normalized spacial score (nSPS) is 11.0. The van der Waals surface area contributed by atoms with Crippen molar-refractivity contribution >= 4 is 22.5 Å². The van der Waals surface area contributed by atoms with E-state index in [0.29, 0.717) is 22.8 Å². The highest BCUT2D eigenvalue weighted by molar-refractivity contribution is 6.04. The molecule has 1 amide bonds. The Bertz CT molecular complexity index is 1250. The number of amides is 1. The van der Waals surface area contributed by atoms with E-state index in [1.165, 1.54) is 0 Å². The van der Waals surface area contributed by atoms with E-state index in [4.69, 9.17) is 4.42 Å². The van der Waals surface area contributed by atoms with E-state index in [0.717, 1.165) is 16.6 Å². The molecule has 5 aromatic rings. The number of aromatic nitrogens is 4. The van der Waals surface area contributed by atoms with Crippen LogP contribution in [0.4, 0.5) is 5.69 Å². The summed E-state index contributed by atoms with van der Waals surface area (Å²) >= 11 is 0. The molecular weight excluding hydrogens is 354 g/mol. The molecule has 2 aromatic carbocycles. The van der Waals surface area contributed by atoms with Gasteiger partial charge >= 0.3 is 0 Å². The van der Waals surface area contributed by atoms with Gasteiger partial charge in [-0.3, -0.25) is 9.89 Å². The van der Waals surface area contributed by atoms with Gasteiger partial charge in [0.25, 0.3) is 5.91 Å². The predicted octanol–water partition coefficient (Wildman–Crippen LogP) is 4.26. The number of nitrogens with zero attached hydrogens (tertiary/aromatic N) is 3. The average molecular weight is 369 g/mol. The standard InChI is InChI=1S/C21H15N5O2/c27-21(23-15-8-9-17-14(11-15)13-22-24-17)18-12-19(20-7-4-10-28-20)26(25-18)16-5-2-1-3-6-16/h1-13H,(H,22,24)(H,23,27). The maximum atomic E-state index is 12.8. The fraction of sp³-hybridized carbons (Fsp3) is 0.